The van der Waals surface area contributed by atoms with Crippen molar-refractivity contribution in [1.82, 2.24) is 10.2 Å². The second-order valence-electron chi connectivity index (χ2n) is 7.09. The molecular formula is C21H26N2O2. The molecular weight excluding hydrogens is 312 g/mol. The van der Waals surface area contributed by atoms with Gasteiger partial charge < -0.3 is 14.8 Å². The fourth-order valence-electron chi connectivity index (χ4n) is 3.80. The van der Waals surface area contributed by atoms with Crippen LogP contribution in [0.2, 0.25) is 0 Å². The molecule has 0 saturated carbocycles. The minimum atomic E-state index is 0.342. The molecule has 4 heteroatoms. The van der Waals surface area contributed by atoms with Crippen LogP contribution in [-0.4, -0.2) is 36.9 Å². The Bertz CT molecular complexity index is 704. The van der Waals surface area contributed by atoms with E-state index in [2.05, 4.69) is 59.6 Å². The summed E-state index contributed by atoms with van der Waals surface area (Å²) in [6.07, 6.45) is 2.23. The van der Waals surface area contributed by atoms with Crippen molar-refractivity contribution in [2.75, 3.05) is 19.9 Å². The SMILES string of the molecule is C[C@H]1C[C@@H](NCCc2ccc3c(c2)OCO3)CN1Cc1ccccc1. The number of benzene rings is 2. The summed E-state index contributed by atoms with van der Waals surface area (Å²) in [5.74, 6) is 1.74. The van der Waals surface area contributed by atoms with Crippen molar-refractivity contribution in [3.63, 3.8) is 0 Å². The van der Waals surface area contributed by atoms with E-state index in [4.69, 9.17) is 9.47 Å². The third-order valence-electron chi connectivity index (χ3n) is 5.22. The molecule has 0 amide bonds. The maximum Gasteiger partial charge on any atom is 0.231 e. The van der Waals surface area contributed by atoms with Crippen LogP contribution < -0.4 is 14.8 Å². The minimum Gasteiger partial charge on any atom is -0.454 e. The number of likely N-dealkylation sites (tertiary alicyclic amines) is 1. The van der Waals surface area contributed by atoms with Crippen molar-refractivity contribution in [1.29, 1.82) is 0 Å². The van der Waals surface area contributed by atoms with E-state index in [0.29, 0.717) is 18.9 Å². The topological polar surface area (TPSA) is 33.7 Å². The third kappa shape index (κ3) is 3.97. The van der Waals surface area contributed by atoms with Crippen LogP contribution in [0.25, 0.3) is 0 Å². The lowest BCUT2D eigenvalue weighted by Crippen LogP contribution is -2.34. The summed E-state index contributed by atoms with van der Waals surface area (Å²) in [4.78, 5) is 2.58. The first kappa shape index (κ1) is 16.4. The van der Waals surface area contributed by atoms with Crippen molar-refractivity contribution in [3.05, 3.63) is 59.7 Å². The van der Waals surface area contributed by atoms with Gasteiger partial charge in [0, 0.05) is 25.2 Å². The smallest absolute Gasteiger partial charge is 0.231 e. The van der Waals surface area contributed by atoms with Gasteiger partial charge in [0.2, 0.25) is 6.79 Å². The summed E-state index contributed by atoms with van der Waals surface area (Å²) < 4.78 is 10.8. The molecule has 0 spiro atoms. The molecule has 25 heavy (non-hydrogen) atoms. The molecule has 2 aliphatic rings. The van der Waals surface area contributed by atoms with Gasteiger partial charge in [0.25, 0.3) is 0 Å². The lowest BCUT2D eigenvalue weighted by Gasteiger charge is -2.21. The molecule has 0 unspecified atom stereocenters. The Hall–Kier alpha value is -2.04. The van der Waals surface area contributed by atoms with Crippen LogP contribution in [-0.2, 0) is 13.0 Å². The van der Waals surface area contributed by atoms with Gasteiger partial charge in [-0.15, -0.1) is 0 Å². The van der Waals surface area contributed by atoms with E-state index in [0.717, 1.165) is 37.6 Å². The van der Waals surface area contributed by atoms with Gasteiger partial charge in [-0.25, -0.2) is 0 Å². The molecule has 0 radical (unpaired) electrons. The Labute approximate surface area is 149 Å². The third-order valence-corrected chi connectivity index (χ3v) is 5.22. The Morgan fingerprint density at radius 3 is 2.76 bits per heavy atom. The number of rotatable bonds is 6. The maximum absolute atomic E-state index is 5.45. The number of hydrogen-bond acceptors (Lipinski definition) is 4. The van der Waals surface area contributed by atoms with Crippen LogP contribution in [0.1, 0.15) is 24.5 Å². The quantitative estimate of drug-likeness (QED) is 0.877. The summed E-state index contributed by atoms with van der Waals surface area (Å²) in [6.45, 7) is 5.84. The highest BCUT2D eigenvalue weighted by atomic mass is 16.7. The molecule has 132 valence electrons. The maximum atomic E-state index is 5.45. The van der Waals surface area contributed by atoms with Gasteiger partial charge in [-0.1, -0.05) is 36.4 Å². The lowest BCUT2D eigenvalue weighted by molar-refractivity contribution is 0.174. The van der Waals surface area contributed by atoms with E-state index in [-0.39, 0.29) is 0 Å². The molecule has 2 aromatic carbocycles. The van der Waals surface area contributed by atoms with Gasteiger partial charge in [0.05, 0.1) is 0 Å². The number of nitrogens with one attached hydrogen (secondary N) is 1. The Morgan fingerprint density at radius 1 is 1.04 bits per heavy atom. The molecule has 2 atom stereocenters. The summed E-state index contributed by atoms with van der Waals surface area (Å²) in [5.41, 5.74) is 2.69. The molecule has 1 fully saturated rings. The van der Waals surface area contributed by atoms with Crippen LogP contribution in [0.15, 0.2) is 48.5 Å². The average molecular weight is 338 g/mol. The number of ether oxygens (including phenoxy) is 2. The fourth-order valence-corrected chi connectivity index (χ4v) is 3.80. The monoisotopic (exact) mass is 338 g/mol. The Kier molecular flexibility index (Phi) is 4.90. The normalized spacial score (nSPS) is 22.4. The first-order chi connectivity index (χ1) is 12.3. The highest BCUT2D eigenvalue weighted by Crippen LogP contribution is 2.32. The number of fused-ring (bicyclic) bond motifs is 1. The van der Waals surface area contributed by atoms with E-state index in [1.807, 2.05) is 6.07 Å². The van der Waals surface area contributed by atoms with Gasteiger partial charge in [-0.05, 0) is 49.6 Å². The zero-order valence-electron chi connectivity index (χ0n) is 14.8. The minimum absolute atomic E-state index is 0.342. The van der Waals surface area contributed by atoms with Gasteiger partial charge >= 0.3 is 0 Å². The molecule has 0 aromatic heterocycles. The average Bonchev–Trinajstić information content (AvgIpc) is 3.22. The molecule has 1 N–H and O–H groups in total. The molecule has 4 rings (SSSR count). The van der Waals surface area contributed by atoms with Crippen LogP contribution in [0, 0.1) is 0 Å². The van der Waals surface area contributed by atoms with E-state index in [1.165, 1.54) is 17.5 Å². The van der Waals surface area contributed by atoms with Crippen molar-refractivity contribution in [2.24, 2.45) is 0 Å². The predicted octanol–water partition coefficient (Wildman–Crippen LogP) is 3.21. The summed E-state index contributed by atoms with van der Waals surface area (Å²) in [5, 5.41) is 3.73. The zero-order valence-corrected chi connectivity index (χ0v) is 14.8. The molecule has 2 aliphatic heterocycles. The van der Waals surface area contributed by atoms with Gasteiger partial charge in [-0.2, -0.15) is 0 Å². The van der Waals surface area contributed by atoms with Crippen molar-refractivity contribution < 1.29 is 9.47 Å². The fraction of sp³-hybridized carbons (Fsp3) is 0.429. The second kappa shape index (κ2) is 7.46. The highest BCUT2D eigenvalue weighted by Gasteiger charge is 2.28. The van der Waals surface area contributed by atoms with Crippen molar-refractivity contribution in [3.8, 4) is 11.5 Å². The summed E-state index contributed by atoms with van der Waals surface area (Å²) >= 11 is 0. The van der Waals surface area contributed by atoms with E-state index < -0.39 is 0 Å². The van der Waals surface area contributed by atoms with E-state index >= 15 is 0 Å². The number of nitrogens with zero attached hydrogens (tertiary/aromatic N) is 1. The lowest BCUT2D eigenvalue weighted by atomic mass is 10.1. The van der Waals surface area contributed by atoms with Crippen LogP contribution in [0.4, 0.5) is 0 Å². The molecule has 2 heterocycles. The largest absolute Gasteiger partial charge is 0.454 e. The van der Waals surface area contributed by atoms with Crippen LogP contribution in [0.5, 0.6) is 11.5 Å². The molecule has 1 saturated heterocycles. The van der Waals surface area contributed by atoms with Crippen molar-refractivity contribution >= 4 is 0 Å². The first-order valence-corrected chi connectivity index (χ1v) is 9.18. The first-order valence-electron chi connectivity index (χ1n) is 9.18. The van der Waals surface area contributed by atoms with Crippen molar-refractivity contribution in [2.45, 2.75) is 38.4 Å². The molecule has 0 bridgehead atoms. The second-order valence-corrected chi connectivity index (χ2v) is 7.09. The number of hydrogen-bond donors (Lipinski definition) is 1. The van der Waals surface area contributed by atoms with Crippen LogP contribution >= 0.6 is 0 Å². The van der Waals surface area contributed by atoms with E-state index in [9.17, 15) is 0 Å². The molecule has 4 nitrogen and oxygen atoms in total. The van der Waals surface area contributed by atoms with Crippen LogP contribution in [0.3, 0.4) is 0 Å². The summed E-state index contributed by atoms with van der Waals surface area (Å²) in [7, 11) is 0. The molecule has 2 aromatic rings. The highest BCUT2D eigenvalue weighted by molar-refractivity contribution is 5.44. The Balaban J connectivity index is 1.25. The van der Waals surface area contributed by atoms with Gasteiger partial charge in [0.15, 0.2) is 11.5 Å². The van der Waals surface area contributed by atoms with Gasteiger partial charge in [-0.3, -0.25) is 4.90 Å². The Morgan fingerprint density at radius 2 is 1.88 bits per heavy atom. The van der Waals surface area contributed by atoms with Gasteiger partial charge in [0.1, 0.15) is 0 Å². The molecule has 0 aliphatic carbocycles. The zero-order chi connectivity index (χ0) is 17.1. The van der Waals surface area contributed by atoms with E-state index in [1.54, 1.807) is 0 Å². The predicted molar refractivity (Wildman–Crippen MR) is 99.0 cm³/mol. The summed E-state index contributed by atoms with van der Waals surface area (Å²) in [6, 6.07) is 18.2. The standard InChI is InChI=1S/C21H26N2O2/c1-16-11-19(14-23(16)13-18-5-3-2-4-6-18)22-10-9-17-7-8-20-21(12-17)25-15-24-20/h2-8,12,16,19,22H,9-11,13-15H2,1H3/t16-,19+/m0/s1.